The van der Waals surface area contributed by atoms with E-state index in [0.717, 1.165) is 30.8 Å². The summed E-state index contributed by atoms with van der Waals surface area (Å²) >= 11 is 0. The van der Waals surface area contributed by atoms with Crippen LogP contribution in [0.3, 0.4) is 0 Å². The highest BCUT2D eigenvalue weighted by molar-refractivity contribution is 5.25. The first-order valence-corrected chi connectivity index (χ1v) is 8.11. The van der Waals surface area contributed by atoms with Crippen molar-refractivity contribution in [3.63, 3.8) is 0 Å². The second-order valence-electron chi connectivity index (χ2n) is 8.05. The molecule has 3 nitrogen and oxygen atoms in total. The number of hydrogen-bond donors (Lipinski definition) is 1. The molecule has 1 aromatic heterocycles. The SMILES string of the molecule is CC1(C)CCC(Oc2ncccc2CNC(C)(C)C)CC1. The van der Waals surface area contributed by atoms with E-state index in [-0.39, 0.29) is 5.54 Å². The van der Waals surface area contributed by atoms with Crippen LogP contribution in [0.15, 0.2) is 18.3 Å². The van der Waals surface area contributed by atoms with Gasteiger partial charge in [-0.3, -0.25) is 0 Å². The molecule has 0 aromatic carbocycles. The molecule has 118 valence electrons. The van der Waals surface area contributed by atoms with Crippen LogP contribution in [0.25, 0.3) is 0 Å². The third-order valence-electron chi connectivity index (χ3n) is 4.22. The van der Waals surface area contributed by atoms with Crippen LogP contribution in [0.2, 0.25) is 0 Å². The molecule has 0 saturated heterocycles. The van der Waals surface area contributed by atoms with Gasteiger partial charge in [0.05, 0.1) is 0 Å². The largest absolute Gasteiger partial charge is 0.474 e. The molecule has 0 bridgehead atoms. The zero-order chi connectivity index (χ0) is 15.5. The summed E-state index contributed by atoms with van der Waals surface area (Å²) in [4.78, 5) is 4.45. The molecule has 0 atom stereocenters. The number of hydrogen-bond acceptors (Lipinski definition) is 3. The number of nitrogens with one attached hydrogen (secondary N) is 1. The summed E-state index contributed by atoms with van der Waals surface area (Å²) in [5.41, 5.74) is 1.72. The first-order chi connectivity index (χ1) is 9.75. The predicted octanol–water partition coefficient (Wildman–Crippen LogP) is 4.32. The monoisotopic (exact) mass is 290 g/mol. The quantitative estimate of drug-likeness (QED) is 0.897. The standard InChI is InChI=1S/C18H30N2O/c1-17(2,3)20-13-14-7-6-12-19-16(14)21-15-8-10-18(4,5)11-9-15/h6-7,12,15,20H,8-11,13H2,1-5H3. The Balaban J connectivity index is 1.97. The molecule has 1 saturated carbocycles. The van der Waals surface area contributed by atoms with Gasteiger partial charge in [0.25, 0.3) is 0 Å². The first-order valence-electron chi connectivity index (χ1n) is 8.11. The minimum atomic E-state index is 0.0992. The molecular formula is C18H30N2O. The highest BCUT2D eigenvalue weighted by atomic mass is 16.5. The molecule has 1 aromatic rings. The van der Waals surface area contributed by atoms with Crippen molar-refractivity contribution in [3.05, 3.63) is 23.9 Å². The molecule has 0 spiro atoms. The Hall–Kier alpha value is -1.09. The summed E-state index contributed by atoms with van der Waals surface area (Å²) in [6.07, 6.45) is 6.88. The van der Waals surface area contributed by atoms with Gasteiger partial charge in [0, 0.05) is 23.8 Å². The maximum Gasteiger partial charge on any atom is 0.218 e. The van der Waals surface area contributed by atoms with Crippen molar-refractivity contribution in [3.8, 4) is 5.88 Å². The first kappa shape index (κ1) is 16.3. The molecule has 1 fully saturated rings. The lowest BCUT2D eigenvalue weighted by Gasteiger charge is -2.34. The molecule has 2 rings (SSSR count). The highest BCUT2D eigenvalue weighted by Crippen LogP contribution is 2.36. The molecule has 3 heteroatoms. The van der Waals surface area contributed by atoms with E-state index in [2.05, 4.69) is 51.0 Å². The Morgan fingerprint density at radius 3 is 2.57 bits per heavy atom. The number of nitrogens with zero attached hydrogens (tertiary/aromatic N) is 1. The molecular weight excluding hydrogens is 260 g/mol. The van der Waals surface area contributed by atoms with Gasteiger partial charge in [0.15, 0.2) is 0 Å². The van der Waals surface area contributed by atoms with Crippen LogP contribution in [0.1, 0.15) is 65.9 Å². The zero-order valence-corrected chi connectivity index (χ0v) is 14.2. The minimum Gasteiger partial charge on any atom is -0.474 e. The maximum atomic E-state index is 6.19. The second kappa shape index (κ2) is 6.35. The number of aromatic nitrogens is 1. The predicted molar refractivity (Wildman–Crippen MR) is 87.5 cm³/mol. The van der Waals surface area contributed by atoms with Crippen molar-refractivity contribution in [1.82, 2.24) is 10.3 Å². The van der Waals surface area contributed by atoms with Gasteiger partial charge >= 0.3 is 0 Å². The third kappa shape index (κ3) is 5.31. The van der Waals surface area contributed by atoms with Gasteiger partial charge in [-0.05, 0) is 57.9 Å². The summed E-state index contributed by atoms with van der Waals surface area (Å²) in [5.74, 6) is 0.805. The fraction of sp³-hybridized carbons (Fsp3) is 0.722. The highest BCUT2D eigenvalue weighted by Gasteiger charge is 2.28. The molecule has 1 aliphatic rings. The lowest BCUT2D eigenvalue weighted by atomic mass is 9.76. The van der Waals surface area contributed by atoms with Crippen LogP contribution >= 0.6 is 0 Å². The molecule has 0 amide bonds. The van der Waals surface area contributed by atoms with Crippen molar-refractivity contribution in [2.24, 2.45) is 5.41 Å². The van der Waals surface area contributed by atoms with Crippen molar-refractivity contribution in [2.75, 3.05) is 0 Å². The van der Waals surface area contributed by atoms with Gasteiger partial charge in [-0.2, -0.15) is 0 Å². The Morgan fingerprint density at radius 1 is 1.29 bits per heavy atom. The van der Waals surface area contributed by atoms with Crippen molar-refractivity contribution >= 4 is 0 Å². The molecule has 0 radical (unpaired) electrons. The van der Waals surface area contributed by atoms with E-state index < -0.39 is 0 Å². The van der Waals surface area contributed by atoms with E-state index >= 15 is 0 Å². The lowest BCUT2D eigenvalue weighted by Crippen LogP contribution is -2.35. The van der Waals surface area contributed by atoms with Crippen LogP contribution in [-0.2, 0) is 6.54 Å². The molecule has 1 N–H and O–H groups in total. The molecule has 0 aliphatic heterocycles. The van der Waals surface area contributed by atoms with Crippen LogP contribution < -0.4 is 10.1 Å². The van der Waals surface area contributed by atoms with Crippen LogP contribution in [0.5, 0.6) is 5.88 Å². The van der Waals surface area contributed by atoms with Gasteiger partial charge in [-0.1, -0.05) is 19.9 Å². The Kier molecular flexibility index (Phi) is 4.92. The van der Waals surface area contributed by atoms with Gasteiger partial charge in [-0.15, -0.1) is 0 Å². The van der Waals surface area contributed by atoms with Crippen molar-refractivity contribution in [2.45, 2.75) is 78.5 Å². The van der Waals surface area contributed by atoms with Crippen molar-refractivity contribution < 1.29 is 4.74 Å². The Bertz CT molecular complexity index is 453. The number of pyridine rings is 1. The Labute approximate surface area is 129 Å². The topological polar surface area (TPSA) is 34.1 Å². The zero-order valence-electron chi connectivity index (χ0n) is 14.2. The second-order valence-corrected chi connectivity index (χ2v) is 8.05. The fourth-order valence-corrected chi connectivity index (χ4v) is 2.67. The molecule has 21 heavy (non-hydrogen) atoms. The summed E-state index contributed by atoms with van der Waals surface area (Å²) in [6.45, 7) is 12.0. The third-order valence-corrected chi connectivity index (χ3v) is 4.22. The summed E-state index contributed by atoms with van der Waals surface area (Å²) < 4.78 is 6.19. The maximum absolute atomic E-state index is 6.19. The van der Waals surface area contributed by atoms with Crippen molar-refractivity contribution in [1.29, 1.82) is 0 Å². The van der Waals surface area contributed by atoms with Crippen LogP contribution in [0, 0.1) is 5.41 Å². The van der Waals surface area contributed by atoms with Gasteiger partial charge in [0.2, 0.25) is 5.88 Å². The van der Waals surface area contributed by atoms with E-state index in [0.29, 0.717) is 11.5 Å². The normalized spacial score (nSPS) is 19.5. The average molecular weight is 290 g/mol. The summed E-state index contributed by atoms with van der Waals surface area (Å²) in [7, 11) is 0. The van der Waals surface area contributed by atoms with Crippen LogP contribution in [0.4, 0.5) is 0 Å². The van der Waals surface area contributed by atoms with Gasteiger partial charge in [0.1, 0.15) is 6.10 Å². The number of ether oxygens (including phenoxy) is 1. The van der Waals surface area contributed by atoms with E-state index in [9.17, 15) is 0 Å². The van der Waals surface area contributed by atoms with Crippen LogP contribution in [-0.4, -0.2) is 16.6 Å². The van der Waals surface area contributed by atoms with E-state index in [1.165, 1.54) is 12.8 Å². The molecule has 1 aliphatic carbocycles. The summed E-state index contributed by atoms with van der Waals surface area (Å²) in [5, 5.41) is 3.51. The number of rotatable bonds is 4. The lowest BCUT2D eigenvalue weighted by molar-refractivity contribution is 0.0937. The van der Waals surface area contributed by atoms with Gasteiger partial charge in [-0.25, -0.2) is 4.98 Å². The Morgan fingerprint density at radius 2 is 1.95 bits per heavy atom. The smallest absolute Gasteiger partial charge is 0.218 e. The summed E-state index contributed by atoms with van der Waals surface area (Å²) in [6, 6.07) is 4.09. The van der Waals surface area contributed by atoms with E-state index in [4.69, 9.17) is 4.74 Å². The molecule has 0 unspecified atom stereocenters. The van der Waals surface area contributed by atoms with E-state index in [1.807, 2.05) is 12.3 Å². The molecule has 1 heterocycles. The van der Waals surface area contributed by atoms with Gasteiger partial charge < -0.3 is 10.1 Å². The van der Waals surface area contributed by atoms with E-state index in [1.54, 1.807) is 0 Å². The minimum absolute atomic E-state index is 0.0992. The fourth-order valence-electron chi connectivity index (χ4n) is 2.67. The average Bonchev–Trinajstić information content (AvgIpc) is 2.39.